The number of rotatable bonds is 5. The van der Waals surface area contributed by atoms with E-state index < -0.39 is 0 Å². The highest BCUT2D eigenvalue weighted by Gasteiger charge is 2.27. The molecule has 3 aromatic rings. The lowest BCUT2D eigenvalue weighted by atomic mass is 9.99. The second-order valence-electron chi connectivity index (χ2n) is 7.67. The van der Waals surface area contributed by atoms with E-state index >= 15 is 0 Å². The number of fused-ring (bicyclic) bond motifs is 1. The average molecular weight is 446 g/mol. The number of anilines is 2. The van der Waals surface area contributed by atoms with Gasteiger partial charge in [0.25, 0.3) is 5.89 Å². The van der Waals surface area contributed by atoms with Crippen LogP contribution in [0.3, 0.4) is 0 Å². The Hall–Kier alpha value is -2.42. The zero-order valence-corrected chi connectivity index (χ0v) is 17.9. The molecule has 4 heterocycles. The van der Waals surface area contributed by atoms with Gasteiger partial charge in [0.1, 0.15) is 0 Å². The highest BCUT2D eigenvalue weighted by Crippen LogP contribution is 2.38. The quantitative estimate of drug-likeness (QED) is 0.615. The van der Waals surface area contributed by atoms with Crippen LogP contribution in [0, 0.1) is 5.92 Å². The SMILES string of the molecule is CC(c1cc(Cl)ccc1Cl)N1CCNc2nnc(-c3nc(CC4CNC4)no3)cc21. The molecular formula is C20H21Cl2N7O. The Labute approximate surface area is 184 Å². The fourth-order valence-corrected chi connectivity index (χ4v) is 4.30. The summed E-state index contributed by atoms with van der Waals surface area (Å²) in [4.78, 5) is 6.75. The minimum absolute atomic E-state index is 0.00142. The molecule has 156 valence electrons. The number of hydrogen-bond acceptors (Lipinski definition) is 8. The molecule has 2 N–H and O–H groups in total. The Morgan fingerprint density at radius 3 is 2.90 bits per heavy atom. The molecular weight excluding hydrogens is 425 g/mol. The zero-order valence-electron chi connectivity index (χ0n) is 16.4. The summed E-state index contributed by atoms with van der Waals surface area (Å²) in [7, 11) is 0. The third-order valence-corrected chi connectivity index (χ3v) is 6.21. The van der Waals surface area contributed by atoms with Crippen molar-refractivity contribution >= 4 is 34.7 Å². The van der Waals surface area contributed by atoms with Crippen LogP contribution in [-0.2, 0) is 6.42 Å². The summed E-state index contributed by atoms with van der Waals surface area (Å²) in [6.07, 6.45) is 0.798. The van der Waals surface area contributed by atoms with Gasteiger partial charge in [0, 0.05) is 29.6 Å². The van der Waals surface area contributed by atoms with Gasteiger partial charge >= 0.3 is 0 Å². The molecule has 0 saturated carbocycles. The smallest absolute Gasteiger partial charge is 0.278 e. The maximum absolute atomic E-state index is 6.46. The van der Waals surface area contributed by atoms with Crippen molar-refractivity contribution in [3.63, 3.8) is 0 Å². The van der Waals surface area contributed by atoms with Crippen molar-refractivity contribution in [2.75, 3.05) is 36.4 Å². The molecule has 1 unspecified atom stereocenters. The Kier molecular flexibility index (Phi) is 5.22. The van der Waals surface area contributed by atoms with Gasteiger partial charge in [-0.2, -0.15) is 4.98 Å². The number of hydrogen-bond donors (Lipinski definition) is 2. The van der Waals surface area contributed by atoms with Crippen LogP contribution in [-0.4, -0.2) is 46.5 Å². The maximum atomic E-state index is 6.46. The van der Waals surface area contributed by atoms with E-state index in [0.717, 1.165) is 49.7 Å². The summed E-state index contributed by atoms with van der Waals surface area (Å²) in [6.45, 7) is 5.62. The minimum Gasteiger partial charge on any atom is -0.365 e. The second kappa shape index (κ2) is 8.02. The Bertz CT molecular complexity index is 1070. The lowest BCUT2D eigenvalue weighted by Crippen LogP contribution is -2.43. The van der Waals surface area contributed by atoms with Crippen molar-refractivity contribution in [3.05, 3.63) is 45.7 Å². The molecule has 2 aliphatic rings. The molecule has 0 radical (unpaired) electrons. The summed E-state index contributed by atoms with van der Waals surface area (Å²) >= 11 is 12.7. The summed E-state index contributed by atoms with van der Waals surface area (Å²) < 4.78 is 5.46. The molecule has 2 aliphatic heterocycles. The first-order valence-electron chi connectivity index (χ1n) is 9.95. The number of aromatic nitrogens is 4. The molecule has 2 aromatic heterocycles. The van der Waals surface area contributed by atoms with Crippen LogP contribution in [0.5, 0.6) is 0 Å². The van der Waals surface area contributed by atoms with E-state index in [1.165, 1.54) is 0 Å². The van der Waals surface area contributed by atoms with Gasteiger partial charge in [-0.25, -0.2) is 0 Å². The predicted molar refractivity (Wildman–Crippen MR) is 116 cm³/mol. The molecule has 30 heavy (non-hydrogen) atoms. The van der Waals surface area contributed by atoms with Crippen molar-refractivity contribution in [2.45, 2.75) is 19.4 Å². The number of halogens is 2. The third-order valence-electron chi connectivity index (χ3n) is 5.63. The van der Waals surface area contributed by atoms with Crippen molar-refractivity contribution < 1.29 is 4.52 Å². The van der Waals surface area contributed by atoms with Crippen molar-refractivity contribution in [1.29, 1.82) is 0 Å². The first kappa shape index (κ1) is 19.5. The molecule has 8 nitrogen and oxygen atoms in total. The summed E-state index contributed by atoms with van der Waals surface area (Å²) in [5.74, 6) is 2.36. The Balaban J connectivity index is 1.45. The van der Waals surface area contributed by atoms with Crippen LogP contribution in [0.15, 0.2) is 28.8 Å². The minimum atomic E-state index is -0.00142. The lowest BCUT2D eigenvalue weighted by Gasteiger charge is -2.36. The molecule has 1 aromatic carbocycles. The molecule has 10 heteroatoms. The highest BCUT2D eigenvalue weighted by atomic mass is 35.5. The lowest BCUT2D eigenvalue weighted by molar-refractivity contribution is 0.333. The molecule has 0 spiro atoms. The van der Waals surface area contributed by atoms with E-state index in [0.29, 0.717) is 33.4 Å². The summed E-state index contributed by atoms with van der Waals surface area (Å²) in [5.41, 5.74) is 2.43. The largest absolute Gasteiger partial charge is 0.365 e. The normalized spacial score (nSPS) is 17.2. The van der Waals surface area contributed by atoms with Crippen LogP contribution < -0.4 is 15.5 Å². The summed E-state index contributed by atoms with van der Waals surface area (Å²) in [5, 5.41) is 20.7. The summed E-state index contributed by atoms with van der Waals surface area (Å²) in [6, 6.07) is 7.46. The van der Waals surface area contributed by atoms with E-state index in [9.17, 15) is 0 Å². The highest BCUT2D eigenvalue weighted by molar-refractivity contribution is 6.33. The van der Waals surface area contributed by atoms with Gasteiger partial charge in [-0.3, -0.25) is 0 Å². The van der Waals surface area contributed by atoms with Gasteiger partial charge in [0.2, 0.25) is 0 Å². The fraction of sp³-hybridized carbons (Fsp3) is 0.400. The van der Waals surface area contributed by atoms with Gasteiger partial charge in [-0.1, -0.05) is 28.4 Å². The Morgan fingerprint density at radius 2 is 2.10 bits per heavy atom. The number of benzene rings is 1. The monoisotopic (exact) mass is 445 g/mol. The van der Waals surface area contributed by atoms with Crippen LogP contribution in [0.2, 0.25) is 10.0 Å². The molecule has 1 saturated heterocycles. The predicted octanol–water partition coefficient (Wildman–Crippen LogP) is 3.59. The van der Waals surface area contributed by atoms with Crippen molar-refractivity contribution in [3.8, 4) is 11.6 Å². The molecule has 0 aliphatic carbocycles. The van der Waals surface area contributed by atoms with Crippen molar-refractivity contribution in [1.82, 2.24) is 25.7 Å². The van der Waals surface area contributed by atoms with Gasteiger partial charge in [0.05, 0.1) is 11.7 Å². The van der Waals surface area contributed by atoms with E-state index in [1.807, 2.05) is 18.2 Å². The number of nitrogens with one attached hydrogen (secondary N) is 2. The third kappa shape index (κ3) is 3.71. The van der Waals surface area contributed by atoms with E-state index in [4.69, 9.17) is 27.7 Å². The van der Waals surface area contributed by atoms with E-state index in [1.54, 1.807) is 6.07 Å². The fourth-order valence-electron chi connectivity index (χ4n) is 3.84. The van der Waals surface area contributed by atoms with Gasteiger partial charge in [-0.05, 0) is 55.8 Å². The van der Waals surface area contributed by atoms with Crippen LogP contribution in [0.25, 0.3) is 11.6 Å². The number of nitrogens with zero attached hydrogens (tertiary/aromatic N) is 5. The van der Waals surface area contributed by atoms with Crippen LogP contribution in [0.1, 0.15) is 24.4 Å². The molecule has 1 atom stereocenters. The van der Waals surface area contributed by atoms with Crippen LogP contribution in [0.4, 0.5) is 11.5 Å². The van der Waals surface area contributed by atoms with Crippen molar-refractivity contribution in [2.24, 2.45) is 5.92 Å². The topological polar surface area (TPSA) is 92.0 Å². The second-order valence-corrected chi connectivity index (χ2v) is 8.51. The maximum Gasteiger partial charge on any atom is 0.278 e. The van der Waals surface area contributed by atoms with Gasteiger partial charge in [-0.15, -0.1) is 10.2 Å². The molecule has 0 bridgehead atoms. The first-order valence-corrected chi connectivity index (χ1v) is 10.7. The molecule has 5 rings (SSSR count). The average Bonchev–Trinajstić information content (AvgIpc) is 3.20. The first-order chi connectivity index (χ1) is 14.6. The molecule has 0 amide bonds. The zero-order chi connectivity index (χ0) is 20.7. The molecule has 1 fully saturated rings. The van der Waals surface area contributed by atoms with Gasteiger partial charge in [0.15, 0.2) is 17.3 Å². The van der Waals surface area contributed by atoms with E-state index in [-0.39, 0.29) is 6.04 Å². The van der Waals surface area contributed by atoms with Crippen LogP contribution >= 0.6 is 23.2 Å². The van der Waals surface area contributed by atoms with Gasteiger partial charge < -0.3 is 20.1 Å². The Morgan fingerprint density at radius 1 is 1.23 bits per heavy atom. The van der Waals surface area contributed by atoms with E-state index in [2.05, 4.69) is 42.8 Å². The standard InChI is InChI=1S/C20H21Cl2N7O/c1-11(14-7-13(21)2-3-15(14)22)29-5-4-24-19-17(29)8-16(26-27-19)20-25-18(28-30-20)6-12-9-23-10-12/h2-3,7-8,11-12,23H,4-6,9-10H2,1H3,(H,24,27).